The largest absolute Gasteiger partial charge is 0.466 e. The summed E-state index contributed by atoms with van der Waals surface area (Å²) < 4.78 is 10.0. The van der Waals surface area contributed by atoms with Gasteiger partial charge in [0, 0.05) is 6.08 Å². The number of carbonyl (C=O) groups is 2. The molecule has 1 aromatic carbocycles. The van der Waals surface area contributed by atoms with Crippen molar-refractivity contribution in [3.8, 4) is 5.75 Å². The maximum absolute atomic E-state index is 11.8. The topological polar surface area (TPSA) is 52.6 Å². The molecule has 4 nitrogen and oxygen atoms in total. The molecule has 0 bridgehead atoms. The Morgan fingerprint density at radius 3 is 2.48 bits per heavy atom. The molecule has 23 heavy (non-hydrogen) atoms. The Morgan fingerprint density at radius 2 is 1.91 bits per heavy atom. The molecule has 124 valence electrons. The van der Waals surface area contributed by atoms with E-state index in [9.17, 15) is 9.59 Å². The molecule has 0 spiro atoms. The van der Waals surface area contributed by atoms with Crippen LogP contribution in [0.4, 0.5) is 0 Å². The van der Waals surface area contributed by atoms with Gasteiger partial charge in [-0.25, -0.2) is 4.79 Å². The van der Waals surface area contributed by atoms with Crippen LogP contribution < -0.4 is 4.74 Å². The molecule has 1 aromatic rings. The van der Waals surface area contributed by atoms with Crippen LogP contribution in [0.3, 0.4) is 0 Å². The Morgan fingerprint density at radius 1 is 1.22 bits per heavy atom. The van der Waals surface area contributed by atoms with Gasteiger partial charge in [-0.15, -0.1) is 0 Å². The van der Waals surface area contributed by atoms with Crippen LogP contribution >= 0.6 is 0 Å². The lowest BCUT2D eigenvalue weighted by molar-refractivity contribution is -0.138. The molecule has 0 saturated heterocycles. The minimum absolute atomic E-state index is 0.190. The summed E-state index contributed by atoms with van der Waals surface area (Å²) in [7, 11) is 1.33. The van der Waals surface area contributed by atoms with Crippen molar-refractivity contribution >= 4 is 18.0 Å². The zero-order valence-corrected chi connectivity index (χ0v) is 14.4. The molecule has 0 aliphatic heterocycles. The van der Waals surface area contributed by atoms with E-state index in [1.54, 1.807) is 32.1 Å². The third-order valence-corrected chi connectivity index (χ3v) is 3.11. The van der Waals surface area contributed by atoms with E-state index in [1.807, 2.05) is 19.9 Å². The van der Waals surface area contributed by atoms with Gasteiger partial charge in [-0.2, -0.15) is 0 Å². The van der Waals surface area contributed by atoms with Gasteiger partial charge in [-0.3, -0.25) is 4.79 Å². The molecule has 0 saturated carbocycles. The van der Waals surface area contributed by atoms with Crippen LogP contribution in [0.2, 0.25) is 0 Å². The second-order valence-corrected chi connectivity index (χ2v) is 5.79. The molecule has 4 heteroatoms. The number of allylic oxidation sites excluding steroid dienone is 2. The second-order valence-electron chi connectivity index (χ2n) is 5.79. The lowest BCUT2D eigenvalue weighted by Crippen LogP contribution is -2.15. The van der Waals surface area contributed by atoms with Crippen molar-refractivity contribution in [3.05, 3.63) is 47.1 Å². The molecular weight excluding hydrogens is 292 g/mol. The summed E-state index contributed by atoms with van der Waals surface area (Å²) >= 11 is 0. The van der Waals surface area contributed by atoms with E-state index >= 15 is 0 Å². The van der Waals surface area contributed by atoms with Crippen molar-refractivity contribution in [1.82, 2.24) is 0 Å². The minimum atomic E-state index is -0.411. The average Bonchev–Trinajstić information content (AvgIpc) is 2.51. The predicted molar refractivity (Wildman–Crippen MR) is 91.1 cm³/mol. The van der Waals surface area contributed by atoms with Crippen LogP contribution in [0.1, 0.15) is 38.8 Å². The van der Waals surface area contributed by atoms with Gasteiger partial charge in [0.1, 0.15) is 5.75 Å². The maximum atomic E-state index is 11.8. The third kappa shape index (κ3) is 6.51. The van der Waals surface area contributed by atoms with Crippen LogP contribution in [0.15, 0.2) is 35.9 Å². The van der Waals surface area contributed by atoms with E-state index in [0.29, 0.717) is 12.2 Å². The smallest absolute Gasteiger partial charge is 0.330 e. The fraction of sp³-hybridized carbons (Fsp3) is 0.368. The molecular formula is C19H24O4. The van der Waals surface area contributed by atoms with Crippen LogP contribution in [0.5, 0.6) is 5.75 Å². The molecule has 0 aliphatic rings. The second kappa shape index (κ2) is 8.93. The van der Waals surface area contributed by atoms with Crippen LogP contribution in [0, 0.1) is 5.92 Å². The summed E-state index contributed by atoms with van der Waals surface area (Å²) in [5.74, 6) is -0.311. The Kier molecular flexibility index (Phi) is 7.26. The Labute approximate surface area is 137 Å². The molecule has 1 rings (SSSR count). The number of hydrogen-bond donors (Lipinski definition) is 0. The van der Waals surface area contributed by atoms with Crippen molar-refractivity contribution in [2.24, 2.45) is 5.92 Å². The standard InChI is InChI=1S/C19H24O4/c1-13(2)6-9-16-12-15(8-11-18(20)22-5)7-10-17(16)23-19(21)14(3)4/h6-8,10-12,14H,9H2,1-5H3. The summed E-state index contributed by atoms with van der Waals surface area (Å²) in [5, 5.41) is 0. The number of esters is 2. The van der Waals surface area contributed by atoms with Crippen molar-refractivity contribution < 1.29 is 19.1 Å². The van der Waals surface area contributed by atoms with Crippen molar-refractivity contribution in [3.63, 3.8) is 0 Å². The van der Waals surface area contributed by atoms with Gasteiger partial charge in [0.15, 0.2) is 0 Å². The molecule has 0 unspecified atom stereocenters. The summed E-state index contributed by atoms with van der Waals surface area (Å²) in [6, 6.07) is 5.46. The van der Waals surface area contributed by atoms with E-state index in [4.69, 9.17) is 4.74 Å². The zero-order chi connectivity index (χ0) is 17.4. The Bertz CT molecular complexity index is 620. The molecule has 0 atom stereocenters. The number of benzene rings is 1. The number of carbonyl (C=O) groups excluding carboxylic acids is 2. The highest BCUT2D eigenvalue weighted by atomic mass is 16.5. The number of methoxy groups -OCH3 is 1. The third-order valence-electron chi connectivity index (χ3n) is 3.11. The first-order valence-electron chi connectivity index (χ1n) is 7.57. The highest BCUT2D eigenvalue weighted by Gasteiger charge is 2.12. The van der Waals surface area contributed by atoms with E-state index < -0.39 is 5.97 Å². The molecule has 0 aliphatic carbocycles. The van der Waals surface area contributed by atoms with Gasteiger partial charge >= 0.3 is 11.9 Å². The summed E-state index contributed by atoms with van der Waals surface area (Å²) in [6.45, 7) is 7.62. The number of rotatable bonds is 6. The average molecular weight is 316 g/mol. The van der Waals surface area contributed by atoms with Crippen molar-refractivity contribution in [1.29, 1.82) is 0 Å². The fourth-order valence-electron chi connectivity index (χ4n) is 1.73. The highest BCUT2D eigenvalue weighted by molar-refractivity contribution is 5.87. The molecule has 0 radical (unpaired) electrons. The first-order valence-corrected chi connectivity index (χ1v) is 7.57. The lowest BCUT2D eigenvalue weighted by atomic mass is 10.0. The van der Waals surface area contributed by atoms with Gasteiger partial charge in [-0.1, -0.05) is 31.6 Å². The Balaban J connectivity index is 3.09. The zero-order valence-electron chi connectivity index (χ0n) is 14.4. The van der Waals surface area contributed by atoms with Gasteiger partial charge in [0.25, 0.3) is 0 Å². The molecule has 0 aromatic heterocycles. The SMILES string of the molecule is COC(=O)C=Cc1ccc(OC(=O)C(C)C)c(CC=C(C)C)c1. The summed E-state index contributed by atoms with van der Waals surface area (Å²) in [4.78, 5) is 23.0. The first kappa shape index (κ1) is 18.7. The monoisotopic (exact) mass is 316 g/mol. The quantitative estimate of drug-likeness (QED) is 0.345. The van der Waals surface area contributed by atoms with E-state index in [0.717, 1.165) is 11.1 Å². The molecule has 0 amide bonds. The van der Waals surface area contributed by atoms with E-state index in [-0.39, 0.29) is 11.9 Å². The van der Waals surface area contributed by atoms with Gasteiger partial charge in [0.2, 0.25) is 0 Å². The highest BCUT2D eigenvalue weighted by Crippen LogP contribution is 2.23. The lowest BCUT2D eigenvalue weighted by Gasteiger charge is -2.11. The van der Waals surface area contributed by atoms with E-state index in [1.165, 1.54) is 18.8 Å². The molecule has 0 heterocycles. The van der Waals surface area contributed by atoms with Crippen LogP contribution in [-0.4, -0.2) is 19.0 Å². The summed E-state index contributed by atoms with van der Waals surface area (Å²) in [5.41, 5.74) is 2.92. The Hall–Kier alpha value is -2.36. The fourth-order valence-corrected chi connectivity index (χ4v) is 1.73. The van der Waals surface area contributed by atoms with E-state index in [2.05, 4.69) is 10.8 Å². The maximum Gasteiger partial charge on any atom is 0.330 e. The van der Waals surface area contributed by atoms with Crippen LogP contribution in [-0.2, 0) is 20.7 Å². The first-order chi connectivity index (χ1) is 10.8. The van der Waals surface area contributed by atoms with Crippen LogP contribution in [0.25, 0.3) is 6.08 Å². The molecule has 0 N–H and O–H groups in total. The van der Waals surface area contributed by atoms with Crippen molar-refractivity contribution in [2.75, 3.05) is 7.11 Å². The minimum Gasteiger partial charge on any atom is -0.466 e. The normalized spacial score (nSPS) is 10.7. The van der Waals surface area contributed by atoms with Gasteiger partial charge in [0.05, 0.1) is 13.0 Å². The number of hydrogen-bond acceptors (Lipinski definition) is 4. The van der Waals surface area contributed by atoms with Gasteiger partial charge in [-0.05, 0) is 49.6 Å². The predicted octanol–water partition coefficient (Wildman–Crippen LogP) is 3.94. The molecule has 0 fully saturated rings. The van der Waals surface area contributed by atoms with Crippen molar-refractivity contribution in [2.45, 2.75) is 34.1 Å². The summed E-state index contributed by atoms with van der Waals surface area (Å²) in [6.07, 6.45) is 5.75. The van der Waals surface area contributed by atoms with Gasteiger partial charge < -0.3 is 9.47 Å². The number of ether oxygens (including phenoxy) is 2.